The topological polar surface area (TPSA) is 25.8 Å². The van der Waals surface area contributed by atoms with Crippen molar-refractivity contribution in [2.45, 2.75) is 36.1 Å². The summed E-state index contributed by atoms with van der Waals surface area (Å²) in [5, 5.41) is 1.34. The third kappa shape index (κ3) is 3.94. The fourth-order valence-electron chi connectivity index (χ4n) is 1.42. The van der Waals surface area contributed by atoms with Gasteiger partial charge in [0, 0.05) is 20.8 Å². The first-order valence-electron chi connectivity index (χ1n) is 5.84. The Bertz CT molecular complexity index is 596. The number of rotatable bonds is 2. The molecule has 100 valence electrons. The molecule has 0 N–H and O–H groups in total. The molecule has 0 bridgehead atoms. The van der Waals surface area contributed by atoms with Crippen LogP contribution < -0.4 is 0 Å². The number of hydrogen-bond donors (Lipinski definition) is 0. The predicted octanol–water partition coefficient (Wildman–Crippen LogP) is 5.34. The molecule has 1 aromatic carbocycles. The molecule has 0 aliphatic heterocycles. The third-order valence-electron chi connectivity index (χ3n) is 2.39. The maximum Gasteiger partial charge on any atom is 0.136 e. The van der Waals surface area contributed by atoms with E-state index >= 15 is 0 Å². The monoisotopic (exact) mass is 356 g/mol. The number of halogens is 2. The van der Waals surface area contributed by atoms with Gasteiger partial charge in [-0.05, 0) is 28.1 Å². The second-order valence-corrected chi connectivity index (χ2v) is 7.44. The molecular formula is C14H14BrClN2S. The Labute approximate surface area is 131 Å². The van der Waals surface area contributed by atoms with Crippen LogP contribution in [0.25, 0.3) is 0 Å². The fourth-order valence-corrected chi connectivity index (χ4v) is 3.04. The van der Waals surface area contributed by atoms with Gasteiger partial charge in [0.05, 0.1) is 0 Å². The Hall–Kier alpha value is -0.580. The Balaban J connectivity index is 2.36. The van der Waals surface area contributed by atoms with E-state index in [9.17, 15) is 0 Å². The van der Waals surface area contributed by atoms with Crippen LogP contribution in [0.1, 0.15) is 26.6 Å². The van der Waals surface area contributed by atoms with Gasteiger partial charge in [-0.2, -0.15) is 0 Å². The minimum absolute atomic E-state index is 0.117. The molecule has 19 heavy (non-hydrogen) atoms. The summed E-state index contributed by atoms with van der Waals surface area (Å²) in [7, 11) is 0. The lowest BCUT2D eigenvalue weighted by atomic mass is 9.96. The molecule has 5 heteroatoms. The van der Waals surface area contributed by atoms with Crippen molar-refractivity contribution in [1.29, 1.82) is 0 Å². The minimum atomic E-state index is -0.117. The number of nitrogens with zero attached hydrogens (tertiary/aromatic N) is 2. The van der Waals surface area contributed by atoms with Crippen LogP contribution in [0.3, 0.4) is 0 Å². The molecule has 1 heterocycles. The number of benzene rings is 1. The van der Waals surface area contributed by atoms with Crippen molar-refractivity contribution in [2.75, 3.05) is 0 Å². The smallest absolute Gasteiger partial charge is 0.136 e. The van der Waals surface area contributed by atoms with E-state index < -0.39 is 0 Å². The molecule has 2 aromatic rings. The van der Waals surface area contributed by atoms with E-state index in [0.29, 0.717) is 5.15 Å². The Morgan fingerprint density at radius 3 is 2.47 bits per heavy atom. The van der Waals surface area contributed by atoms with E-state index in [1.165, 1.54) is 0 Å². The lowest BCUT2D eigenvalue weighted by Gasteiger charge is -2.17. The van der Waals surface area contributed by atoms with Gasteiger partial charge in [-0.25, -0.2) is 9.97 Å². The molecule has 0 spiro atoms. The first kappa shape index (κ1) is 14.8. The zero-order chi connectivity index (χ0) is 14.0. The first-order chi connectivity index (χ1) is 8.86. The molecule has 0 atom stereocenters. The highest BCUT2D eigenvalue weighted by molar-refractivity contribution is 9.10. The summed E-state index contributed by atoms with van der Waals surface area (Å²) in [5.74, 6) is 0.759. The summed E-state index contributed by atoms with van der Waals surface area (Å²) in [6.07, 6.45) is 0. The van der Waals surface area contributed by atoms with Crippen molar-refractivity contribution in [1.82, 2.24) is 9.97 Å². The van der Waals surface area contributed by atoms with E-state index in [0.717, 1.165) is 20.2 Å². The molecule has 0 fully saturated rings. The molecule has 0 aliphatic carbocycles. The standard InChI is InChI=1S/C14H14BrClN2S/c1-14(2,3)13-17-11(16)8-12(18-13)19-10-7-5-4-6-9(10)15/h4-8H,1-3H3. The zero-order valence-electron chi connectivity index (χ0n) is 10.9. The maximum atomic E-state index is 6.09. The van der Waals surface area contributed by atoms with Crippen LogP contribution in [0.15, 0.2) is 44.7 Å². The second kappa shape index (κ2) is 5.81. The summed E-state index contributed by atoms with van der Waals surface area (Å²) >= 11 is 11.2. The van der Waals surface area contributed by atoms with Gasteiger partial charge in [-0.1, -0.05) is 56.3 Å². The van der Waals surface area contributed by atoms with Gasteiger partial charge in [0.2, 0.25) is 0 Å². The highest BCUT2D eigenvalue weighted by Crippen LogP contribution is 2.34. The van der Waals surface area contributed by atoms with Crippen molar-refractivity contribution in [3.8, 4) is 0 Å². The SMILES string of the molecule is CC(C)(C)c1nc(Cl)cc(Sc2ccccc2Br)n1. The third-order valence-corrected chi connectivity index (χ3v) is 4.54. The van der Waals surface area contributed by atoms with E-state index in [2.05, 4.69) is 46.7 Å². The number of hydrogen-bond acceptors (Lipinski definition) is 3. The molecule has 0 aliphatic rings. The van der Waals surface area contributed by atoms with Crippen LogP contribution in [-0.4, -0.2) is 9.97 Å². The van der Waals surface area contributed by atoms with Gasteiger partial charge in [-0.3, -0.25) is 0 Å². The predicted molar refractivity (Wildman–Crippen MR) is 84.0 cm³/mol. The first-order valence-corrected chi connectivity index (χ1v) is 7.82. The van der Waals surface area contributed by atoms with Crippen LogP contribution in [0.4, 0.5) is 0 Å². The number of aromatic nitrogens is 2. The van der Waals surface area contributed by atoms with Crippen molar-refractivity contribution in [3.63, 3.8) is 0 Å². The molecule has 0 amide bonds. The Morgan fingerprint density at radius 2 is 1.84 bits per heavy atom. The molecule has 0 saturated carbocycles. The summed E-state index contributed by atoms with van der Waals surface area (Å²) in [6.45, 7) is 6.22. The highest BCUT2D eigenvalue weighted by atomic mass is 79.9. The van der Waals surface area contributed by atoms with Crippen LogP contribution in [0.2, 0.25) is 5.15 Å². The van der Waals surface area contributed by atoms with Crippen molar-refractivity contribution in [2.24, 2.45) is 0 Å². The summed E-state index contributed by atoms with van der Waals surface area (Å²) in [6, 6.07) is 9.83. The molecular weight excluding hydrogens is 344 g/mol. The minimum Gasteiger partial charge on any atom is -0.226 e. The van der Waals surface area contributed by atoms with Crippen molar-refractivity contribution in [3.05, 3.63) is 45.8 Å². The zero-order valence-corrected chi connectivity index (χ0v) is 14.1. The van der Waals surface area contributed by atoms with E-state index in [-0.39, 0.29) is 5.41 Å². The summed E-state index contributed by atoms with van der Waals surface area (Å²) in [4.78, 5) is 9.99. The molecule has 2 nitrogen and oxygen atoms in total. The fraction of sp³-hybridized carbons (Fsp3) is 0.286. The van der Waals surface area contributed by atoms with Crippen LogP contribution >= 0.6 is 39.3 Å². The summed E-state index contributed by atoms with van der Waals surface area (Å²) < 4.78 is 1.05. The van der Waals surface area contributed by atoms with E-state index in [4.69, 9.17) is 11.6 Å². The molecule has 0 saturated heterocycles. The maximum absolute atomic E-state index is 6.09. The lowest BCUT2D eigenvalue weighted by Crippen LogP contribution is -2.16. The summed E-state index contributed by atoms with van der Waals surface area (Å²) in [5.41, 5.74) is -0.117. The van der Waals surface area contributed by atoms with Crippen molar-refractivity contribution >= 4 is 39.3 Å². The average molecular weight is 358 g/mol. The van der Waals surface area contributed by atoms with Crippen LogP contribution in [0, 0.1) is 0 Å². The van der Waals surface area contributed by atoms with Gasteiger partial charge >= 0.3 is 0 Å². The normalized spacial score (nSPS) is 11.6. The van der Waals surface area contributed by atoms with Gasteiger partial charge < -0.3 is 0 Å². The van der Waals surface area contributed by atoms with Crippen LogP contribution in [-0.2, 0) is 5.41 Å². The molecule has 0 radical (unpaired) electrons. The van der Waals surface area contributed by atoms with Crippen molar-refractivity contribution < 1.29 is 0 Å². The van der Waals surface area contributed by atoms with Gasteiger partial charge in [0.1, 0.15) is 16.0 Å². The van der Waals surface area contributed by atoms with E-state index in [1.807, 2.05) is 24.3 Å². The highest BCUT2D eigenvalue weighted by Gasteiger charge is 2.19. The molecule has 2 rings (SSSR count). The quantitative estimate of drug-likeness (QED) is 0.678. The van der Waals surface area contributed by atoms with Gasteiger partial charge in [0.15, 0.2) is 0 Å². The lowest BCUT2D eigenvalue weighted by molar-refractivity contribution is 0.538. The molecule has 1 aromatic heterocycles. The Kier molecular flexibility index (Phi) is 4.54. The Morgan fingerprint density at radius 1 is 1.16 bits per heavy atom. The van der Waals surface area contributed by atoms with Crippen LogP contribution in [0.5, 0.6) is 0 Å². The average Bonchev–Trinajstić information content (AvgIpc) is 2.30. The van der Waals surface area contributed by atoms with Gasteiger partial charge in [0.25, 0.3) is 0 Å². The second-order valence-electron chi connectivity index (χ2n) is 5.13. The largest absolute Gasteiger partial charge is 0.226 e. The van der Waals surface area contributed by atoms with Gasteiger partial charge in [-0.15, -0.1) is 0 Å². The molecule has 0 unspecified atom stereocenters. The van der Waals surface area contributed by atoms with E-state index in [1.54, 1.807) is 17.8 Å².